The molecule has 0 amide bonds. The minimum absolute atomic E-state index is 0.466. The standard InChI is InChI=1S/C24H33N3O4/c1-17-8-9-19(22(12-17)31-16-18-10-11-30-15-18)13-26-24(25-2)27-14-20-6-5-7-21(28-3)23(20)29-4/h5-9,12,18H,10-11,13-16H2,1-4H3,(H2,25,26,27). The SMILES string of the molecule is CN=C(NCc1ccc(C)cc1OCC1CCOC1)NCc1cccc(OC)c1OC. The molecule has 2 N–H and O–H groups in total. The van der Waals surface area contributed by atoms with E-state index < -0.39 is 0 Å². The Kier molecular flexibility index (Phi) is 8.41. The zero-order valence-corrected chi connectivity index (χ0v) is 18.9. The van der Waals surface area contributed by atoms with Gasteiger partial charge in [-0.1, -0.05) is 24.3 Å². The summed E-state index contributed by atoms with van der Waals surface area (Å²) in [4.78, 5) is 4.34. The number of nitrogens with one attached hydrogen (secondary N) is 2. The van der Waals surface area contributed by atoms with Gasteiger partial charge in [-0.2, -0.15) is 0 Å². The van der Waals surface area contributed by atoms with E-state index in [1.54, 1.807) is 21.3 Å². The first kappa shape index (κ1) is 22.7. The number of aliphatic imine (C=N–C) groups is 1. The first-order valence-corrected chi connectivity index (χ1v) is 10.6. The Balaban J connectivity index is 1.59. The van der Waals surface area contributed by atoms with Gasteiger partial charge in [-0.25, -0.2) is 0 Å². The van der Waals surface area contributed by atoms with E-state index in [1.165, 1.54) is 5.56 Å². The molecule has 168 valence electrons. The Morgan fingerprint density at radius 1 is 1.06 bits per heavy atom. The van der Waals surface area contributed by atoms with Gasteiger partial charge in [0, 0.05) is 43.8 Å². The zero-order valence-electron chi connectivity index (χ0n) is 18.9. The number of rotatable bonds is 9. The van der Waals surface area contributed by atoms with Gasteiger partial charge < -0.3 is 29.6 Å². The number of benzene rings is 2. The Hall–Kier alpha value is -2.93. The van der Waals surface area contributed by atoms with Crippen molar-refractivity contribution in [2.45, 2.75) is 26.4 Å². The summed E-state index contributed by atoms with van der Waals surface area (Å²) < 4.78 is 22.5. The van der Waals surface area contributed by atoms with E-state index in [1.807, 2.05) is 18.2 Å². The highest BCUT2D eigenvalue weighted by Gasteiger charge is 2.17. The maximum atomic E-state index is 6.14. The highest BCUT2D eigenvalue weighted by Crippen LogP contribution is 2.30. The number of hydrogen-bond acceptors (Lipinski definition) is 5. The summed E-state index contributed by atoms with van der Waals surface area (Å²) in [6, 6.07) is 12.1. The molecule has 1 aliphatic heterocycles. The van der Waals surface area contributed by atoms with Crippen molar-refractivity contribution in [2.75, 3.05) is 41.1 Å². The lowest BCUT2D eigenvalue weighted by molar-refractivity contribution is 0.166. The van der Waals surface area contributed by atoms with Crippen molar-refractivity contribution in [1.82, 2.24) is 10.6 Å². The van der Waals surface area contributed by atoms with E-state index in [9.17, 15) is 0 Å². The lowest BCUT2D eigenvalue weighted by Gasteiger charge is -2.18. The molecule has 1 fully saturated rings. The summed E-state index contributed by atoms with van der Waals surface area (Å²) in [5, 5.41) is 6.71. The van der Waals surface area contributed by atoms with Crippen LogP contribution in [0, 0.1) is 12.8 Å². The molecule has 0 saturated carbocycles. The fourth-order valence-electron chi connectivity index (χ4n) is 3.54. The third-order valence-corrected chi connectivity index (χ3v) is 5.32. The van der Waals surface area contributed by atoms with Gasteiger partial charge in [0.2, 0.25) is 0 Å². The van der Waals surface area contributed by atoms with Crippen LogP contribution in [0.1, 0.15) is 23.1 Å². The third kappa shape index (κ3) is 6.28. The molecule has 7 heteroatoms. The molecule has 0 bridgehead atoms. The Morgan fingerprint density at radius 3 is 2.55 bits per heavy atom. The topological polar surface area (TPSA) is 73.3 Å². The predicted molar refractivity (Wildman–Crippen MR) is 122 cm³/mol. The van der Waals surface area contributed by atoms with Gasteiger partial charge in [-0.05, 0) is 31.0 Å². The quantitative estimate of drug-likeness (QED) is 0.473. The number of methoxy groups -OCH3 is 2. The van der Waals surface area contributed by atoms with Gasteiger partial charge in [0.05, 0.1) is 27.4 Å². The molecule has 0 radical (unpaired) electrons. The molecule has 0 spiro atoms. The molecule has 2 aromatic carbocycles. The predicted octanol–water partition coefficient (Wildman–Crippen LogP) is 3.29. The van der Waals surface area contributed by atoms with Gasteiger partial charge in [0.1, 0.15) is 5.75 Å². The molecule has 1 aliphatic rings. The molecule has 1 heterocycles. The van der Waals surface area contributed by atoms with Crippen molar-refractivity contribution in [3.8, 4) is 17.2 Å². The third-order valence-electron chi connectivity index (χ3n) is 5.32. The number of nitrogens with zero attached hydrogens (tertiary/aromatic N) is 1. The normalized spacial score (nSPS) is 16.1. The second-order valence-corrected chi connectivity index (χ2v) is 7.58. The van der Waals surface area contributed by atoms with Crippen LogP contribution in [0.3, 0.4) is 0 Å². The molecular weight excluding hydrogens is 394 g/mol. The summed E-state index contributed by atoms with van der Waals surface area (Å²) in [7, 11) is 5.03. The minimum Gasteiger partial charge on any atom is -0.493 e. The van der Waals surface area contributed by atoms with Crippen molar-refractivity contribution in [3.05, 3.63) is 53.1 Å². The fourth-order valence-corrected chi connectivity index (χ4v) is 3.54. The van der Waals surface area contributed by atoms with Crippen LogP contribution < -0.4 is 24.8 Å². The van der Waals surface area contributed by atoms with E-state index in [2.05, 4.69) is 40.7 Å². The van der Waals surface area contributed by atoms with E-state index >= 15 is 0 Å². The van der Waals surface area contributed by atoms with Gasteiger partial charge >= 0.3 is 0 Å². The summed E-state index contributed by atoms with van der Waals surface area (Å²) in [5.74, 6) is 3.50. The second kappa shape index (κ2) is 11.5. The molecule has 1 atom stereocenters. The number of guanidine groups is 1. The molecule has 31 heavy (non-hydrogen) atoms. The van der Waals surface area contributed by atoms with Gasteiger partial charge in [-0.15, -0.1) is 0 Å². The van der Waals surface area contributed by atoms with Crippen LogP contribution >= 0.6 is 0 Å². The van der Waals surface area contributed by atoms with E-state index in [-0.39, 0.29) is 0 Å². The first-order valence-electron chi connectivity index (χ1n) is 10.6. The van der Waals surface area contributed by atoms with E-state index in [4.69, 9.17) is 18.9 Å². The smallest absolute Gasteiger partial charge is 0.191 e. The molecule has 1 saturated heterocycles. The van der Waals surface area contributed by atoms with Crippen LogP contribution in [0.4, 0.5) is 0 Å². The maximum Gasteiger partial charge on any atom is 0.191 e. The number of para-hydroxylation sites is 1. The van der Waals surface area contributed by atoms with Crippen LogP contribution in [0.2, 0.25) is 0 Å². The van der Waals surface area contributed by atoms with Crippen LogP contribution in [0.25, 0.3) is 0 Å². The molecule has 7 nitrogen and oxygen atoms in total. The average molecular weight is 428 g/mol. The van der Waals surface area contributed by atoms with Crippen molar-refractivity contribution < 1.29 is 18.9 Å². The highest BCUT2D eigenvalue weighted by molar-refractivity contribution is 5.79. The molecule has 0 aliphatic carbocycles. The molecular formula is C24H33N3O4. The Bertz CT molecular complexity index is 879. The van der Waals surface area contributed by atoms with Crippen molar-refractivity contribution >= 4 is 5.96 Å². The molecule has 1 unspecified atom stereocenters. The van der Waals surface area contributed by atoms with Gasteiger partial charge in [0.15, 0.2) is 17.5 Å². The van der Waals surface area contributed by atoms with Crippen LogP contribution in [-0.2, 0) is 17.8 Å². The molecule has 2 aromatic rings. The first-order chi connectivity index (χ1) is 15.1. The lowest BCUT2D eigenvalue weighted by Crippen LogP contribution is -2.36. The summed E-state index contributed by atoms with van der Waals surface area (Å²) in [6.07, 6.45) is 1.06. The Labute approximate surface area is 184 Å². The summed E-state index contributed by atoms with van der Waals surface area (Å²) in [6.45, 7) is 5.52. The van der Waals surface area contributed by atoms with Gasteiger partial charge in [-0.3, -0.25) is 4.99 Å². The Morgan fingerprint density at radius 2 is 1.87 bits per heavy atom. The fraction of sp³-hybridized carbons (Fsp3) is 0.458. The van der Waals surface area contributed by atoms with Crippen LogP contribution in [0.5, 0.6) is 17.2 Å². The number of aryl methyl sites for hydroxylation is 1. The maximum absolute atomic E-state index is 6.14. The summed E-state index contributed by atoms with van der Waals surface area (Å²) >= 11 is 0. The highest BCUT2D eigenvalue weighted by atomic mass is 16.5. The van der Waals surface area contributed by atoms with E-state index in [0.717, 1.165) is 42.3 Å². The minimum atomic E-state index is 0.466. The lowest BCUT2D eigenvalue weighted by atomic mass is 10.1. The van der Waals surface area contributed by atoms with Crippen molar-refractivity contribution in [1.29, 1.82) is 0 Å². The monoisotopic (exact) mass is 427 g/mol. The van der Waals surface area contributed by atoms with E-state index in [0.29, 0.717) is 37.3 Å². The van der Waals surface area contributed by atoms with Crippen LogP contribution in [-0.4, -0.2) is 47.0 Å². The van der Waals surface area contributed by atoms with Crippen molar-refractivity contribution in [2.24, 2.45) is 10.9 Å². The van der Waals surface area contributed by atoms with Crippen LogP contribution in [0.15, 0.2) is 41.4 Å². The second-order valence-electron chi connectivity index (χ2n) is 7.58. The zero-order chi connectivity index (χ0) is 22.1. The largest absolute Gasteiger partial charge is 0.493 e. The number of ether oxygens (including phenoxy) is 4. The summed E-state index contributed by atoms with van der Waals surface area (Å²) in [5.41, 5.74) is 3.25. The van der Waals surface area contributed by atoms with Crippen molar-refractivity contribution in [3.63, 3.8) is 0 Å². The molecule has 0 aromatic heterocycles. The van der Waals surface area contributed by atoms with Gasteiger partial charge in [0.25, 0.3) is 0 Å². The molecule has 3 rings (SSSR count). The number of hydrogen-bond donors (Lipinski definition) is 2. The average Bonchev–Trinajstić information content (AvgIpc) is 3.32.